The first-order valence-electron chi connectivity index (χ1n) is 13.5. The van der Waals surface area contributed by atoms with Crippen LogP contribution in [0, 0.1) is 5.92 Å². The molecule has 256 valence electrons. The highest BCUT2D eigenvalue weighted by molar-refractivity contribution is 7.93. The Kier molecular flexibility index (Phi) is 16.1. The summed E-state index contributed by atoms with van der Waals surface area (Å²) in [6.07, 6.45) is -3.81. The van der Waals surface area contributed by atoms with E-state index in [1.807, 2.05) is 0 Å². The fourth-order valence-electron chi connectivity index (χ4n) is 4.15. The molecule has 16 nitrogen and oxygen atoms in total. The van der Waals surface area contributed by atoms with Crippen molar-refractivity contribution < 1.29 is 63.7 Å². The van der Waals surface area contributed by atoms with Gasteiger partial charge in [-0.1, -0.05) is 30.3 Å². The van der Waals surface area contributed by atoms with Gasteiger partial charge in [-0.05, 0) is 31.7 Å². The van der Waals surface area contributed by atoms with Gasteiger partial charge in [0.05, 0.1) is 11.9 Å². The van der Waals surface area contributed by atoms with E-state index in [0.717, 1.165) is 27.0 Å². The molecule has 0 radical (unpaired) electrons. The van der Waals surface area contributed by atoms with Crippen molar-refractivity contribution in [3.63, 3.8) is 0 Å². The van der Waals surface area contributed by atoms with Gasteiger partial charge in [0.1, 0.15) is 23.1 Å². The molecule has 4 unspecified atom stereocenters. The van der Waals surface area contributed by atoms with Gasteiger partial charge < -0.3 is 30.4 Å². The maximum Gasteiger partial charge on any atom is 0.331 e. The summed E-state index contributed by atoms with van der Waals surface area (Å²) < 4.78 is 85.6. The first-order valence-corrected chi connectivity index (χ1v) is 17.9. The molecule has 1 aromatic rings. The molecule has 0 aliphatic heterocycles. The molecule has 0 aromatic heterocycles. The quantitative estimate of drug-likeness (QED) is 0.0584. The highest BCUT2D eigenvalue weighted by Gasteiger charge is 2.48. The number of aliphatic hydroxyl groups is 1. The Labute approximate surface area is 264 Å². The molecule has 0 aliphatic carbocycles. The monoisotopic (exact) mass is 700 g/mol. The van der Waals surface area contributed by atoms with Crippen LogP contribution in [0.15, 0.2) is 30.3 Å². The summed E-state index contributed by atoms with van der Waals surface area (Å²) in [6, 6.07) is 4.49. The molecule has 4 N–H and O–H groups in total. The van der Waals surface area contributed by atoms with Crippen molar-refractivity contribution in [3.8, 4) is 0 Å². The molecule has 0 saturated carbocycles. The maximum absolute atomic E-state index is 13.6. The number of benzene rings is 1. The lowest BCUT2D eigenvalue weighted by atomic mass is 9.90. The fraction of sp³-hybridized carbons (Fsp3) is 0.615. The summed E-state index contributed by atoms with van der Waals surface area (Å²) in [5.74, 6) is -5.92. The molecule has 19 heteroatoms. The Morgan fingerprint density at radius 1 is 0.978 bits per heavy atom. The van der Waals surface area contributed by atoms with E-state index in [1.165, 1.54) is 0 Å². The van der Waals surface area contributed by atoms with Gasteiger partial charge in [-0.2, -0.15) is 0 Å². The number of rotatable bonds is 19. The van der Waals surface area contributed by atoms with E-state index in [2.05, 4.69) is 5.32 Å². The van der Waals surface area contributed by atoms with Crippen LogP contribution in [-0.2, 0) is 71.1 Å². The van der Waals surface area contributed by atoms with E-state index in [9.17, 15) is 49.5 Å². The number of ether oxygens (including phenoxy) is 3. The van der Waals surface area contributed by atoms with Crippen LogP contribution in [0.25, 0.3) is 0 Å². The average Bonchev–Trinajstić information content (AvgIpc) is 2.93. The van der Waals surface area contributed by atoms with Gasteiger partial charge in [-0.3, -0.25) is 14.4 Å². The number of sulfone groups is 1. The third-order valence-corrected chi connectivity index (χ3v) is 10.8. The smallest absolute Gasteiger partial charge is 0.331 e. The van der Waals surface area contributed by atoms with Crippen molar-refractivity contribution in [1.82, 2.24) is 5.32 Å². The standard InChI is InChI=1S/C26H40N2O14S3/c1-16(29)23(25(33)42-21(14-40-17(2)30)15-41-18(3)31)28-24(32)20(12-19-8-6-5-7-9-19)13-26(43(34)35,44(36)37)22(27)10-11-45(4,38)39/h5-9,16,20-23,29,43-44H,10-15,27H2,1-4H3,(H,28,32). The molecular formula is C26H40N2O14S3. The molecule has 1 aromatic carbocycles. The van der Waals surface area contributed by atoms with Crippen LogP contribution in [0.5, 0.6) is 0 Å². The maximum atomic E-state index is 13.6. The van der Waals surface area contributed by atoms with Gasteiger partial charge in [0.2, 0.25) is 5.91 Å². The Bertz CT molecular complexity index is 1390. The zero-order valence-electron chi connectivity index (χ0n) is 25.2. The predicted molar refractivity (Wildman–Crippen MR) is 161 cm³/mol. The van der Waals surface area contributed by atoms with Crippen LogP contribution in [-0.4, -0.2) is 108 Å². The number of nitrogens with one attached hydrogen (secondary N) is 1. The molecule has 45 heavy (non-hydrogen) atoms. The molecule has 0 heterocycles. The van der Waals surface area contributed by atoms with Crippen molar-refractivity contribution in [2.24, 2.45) is 11.7 Å². The molecule has 4 atom stereocenters. The number of amides is 1. The van der Waals surface area contributed by atoms with Crippen molar-refractivity contribution in [3.05, 3.63) is 35.9 Å². The Hall–Kier alpha value is -3.13. The van der Waals surface area contributed by atoms with E-state index >= 15 is 0 Å². The van der Waals surface area contributed by atoms with E-state index < -0.39 is 121 Å². The third kappa shape index (κ3) is 13.4. The first kappa shape index (κ1) is 39.9. The summed E-state index contributed by atoms with van der Waals surface area (Å²) >= 11 is 0. The molecule has 0 spiro atoms. The Morgan fingerprint density at radius 3 is 1.91 bits per heavy atom. The van der Waals surface area contributed by atoms with Gasteiger partial charge in [-0.15, -0.1) is 0 Å². The van der Waals surface area contributed by atoms with Gasteiger partial charge in [-0.25, -0.2) is 30.0 Å². The van der Waals surface area contributed by atoms with Gasteiger partial charge >= 0.3 is 17.9 Å². The molecule has 1 rings (SSSR count). The number of nitrogens with two attached hydrogens (primary N) is 1. The van der Waals surface area contributed by atoms with Crippen LogP contribution in [0.4, 0.5) is 0 Å². The molecular weight excluding hydrogens is 660 g/mol. The van der Waals surface area contributed by atoms with Crippen LogP contribution in [0.1, 0.15) is 39.2 Å². The normalized spacial score (nSPS) is 14.8. The summed E-state index contributed by atoms with van der Waals surface area (Å²) in [6.45, 7) is 2.21. The minimum Gasteiger partial charge on any atom is -0.462 e. The van der Waals surface area contributed by atoms with E-state index in [0.29, 0.717) is 5.56 Å². The van der Waals surface area contributed by atoms with Crippen LogP contribution in [0.3, 0.4) is 0 Å². The SMILES string of the molecule is CC(=O)OCC(COC(C)=O)OC(=O)C(NC(=O)C(Cc1ccccc1)CC(C(N)CCS(C)(=O)=O)([SH](=O)=O)[SH](=O)=O)C(C)O. The van der Waals surface area contributed by atoms with E-state index in [-0.39, 0.29) is 6.42 Å². The second-order valence-corrected chi connectivity index (χ2v) is 15.6. The molecule has 0 saturated heterocycles. The van der Waals surface area contributed by atoms with Crippen LogP contribution >= 0.6 is 0 Å². The van der Waals surface area contributed by atoms with Crippen molar-refractivity contribution >= 4 is 55.1 Å². The zero-order chi connectivity index (χ0) is 34.5. The summed E-state index contributed by atoms with van der Waals surface area (Å²) in [5, 5.41) is 12.6. The van der Waals surface area contributed by atoms with Crippen LogP contribution in [0.2, 0.25) is 0 Å². The predicted octanol–water partition coefficient (Wildman–Crippen LogP) is -2.18. The average molecular weight is 701 g/mol. The van der Waals surface area contributed by atoms with E-state index in [1.54, 1.807) is 30.3 Å². The fourth-order valence-corrected chi connectivity index (χ4v) is 6.90. The van der Waals surface area contributed by atoms with Crippen molar-refractivity contribution in [1.29, 1.82) is 0 Å². The lowest BCUT2D eigenvalue weighted by Gasteiger charge is -2.32. The number of hydrogen-bond donors (Lipinski definition) is 5. The van der Waals surface area contributed by atoms with Gasteiger partial charge in [0.25, 0.3) is 0 Å². The van der Waals surface area contributed by atoms with Gasteiger partial charge in [0.15, 0.2) is 37.6 Å². The summed E-state index contributed by atoms with van der Waals surface area (Å²) in [5.41, 5.74) is 6.48. The highest BCUT2D eigenvalue weighted by atomic mass is 32.2. The second kappa shape index (κ2) is 18.1. The summed E-state index contributed by atoms with van der Waals surface area (Å²) in [4.78, 5) is 49.2. The number of hydrogen-bond acceptors (Lipinski definition) is 15. The third-order valence-electron chi connectivity index (χ3n) is 6.53. The van der Waals surface area contributed by atoms with Gasteiger partial charge in [0, 0.05) is 32.1 Å². The first-order chi connectivity index (χ1) is 20.8. The largest absolute Gasteiger partial charge is 0.462 e. The minimum absolute atomic E-state index is 0.247. The number of esters is 3. The second-order valence-electron chi connectivity index (χ2n) is 10.4. The topological polar surface area (TPSA) is 257 Å². The minimum atomic E-state index is -3.90. The molecule has 1 amide bonds. The lowest BCUT2D eigenvalue weighted by molar-refractivity contribution is -0.169. The molecule has 0 bridgehead atoms. The number of carbonyl (C=O) groups excluding carboxylic acids is 4. The Balaban J connectivity index is 3.46. The van der Waals surface area contributed by atoms with Crippen molar-refractivity contribution in [2.75, 3.05) is 25.2 Å². The zero-order valence-corrected chi connectivity index (χ0v) is 27.8. The van der Waals surface area contributed by atoms with E-state index in [4.69, 9.17) is 19.9 Å². The Morgan fingerprint density at radius 2 is 1.49 bits per heavy atom. The molecule has 0 fully saturated rings. The lowest BCUT2D eigenvalue weighted by Crippen LogP contribution is -2.56. The number of aliphatic hydroxyl groups excluding tert-OH is 1. The summed E-state index contributed by atoms with van der Waals surface area (Å²) in [7, 11) is -11.5. The number of thiol groups is 2. The van der Waals surface area contributed by atoms with Crippen molar-refractivity contribution in [2.45, 2.75) is 68.4 Å². The number of carbonyl (C=O) groups is 4. The van der Waals surface area contributed by atoms with Crippen LogP contribution < -0.4 is 11.1 Å². The molecule has 0 aliphatic rings. The highest BCUT2D eigenvalue weighted by Crippen LogP contribution is 2.30.